The lowest BCUT2D eigenvalue weighted by molar-refractivity contribution is 0.577. The molecule has 0 aliphatic heterocycles. The van der Waals surface area contributed by atoms with Gasteiger partial charge in [0.1, 0.15) is 0 Å². The number of nitrogens with one attached hydrogen (secondary N) is 1. The fourth-order valence-corrected chi connectivity index (χ4v) is 5.10. The molecule has 152 valence electrons. The normalized spacial score (nSPS) is 14.0. The Labute approximate surface area is 173 Å². The summed E-state index contributed by atoms with van der Waals surface area (Å²) in [5, 5.41) is 0. The van der Waals surface area contributed by atoms with Gasteiger partial charge in [0.15, 0.2) is 0 Å². The van der Waals surface area contributed by atoms with Gasteiger partial charge in [-0.1, -0.05) is 29.8 Å². The van der Waals surface area contributed by atoms with Gasteiger partial charge in [0.2, 0.25) is 10.0 Å². The number of fused-ring (bicyclic) bond motifs is 1. The maximum atomic E-state index is 12.9. The molecule has 4 nitrogen and oxygen atoms in total. The second kappa shape index (κ2) is 8.17. The highest BCUT2D eigenvalue weighted by Crippen LogP contribution is 2.24. The lowest BCUT2D eigenvalue weighted by Crippen LogP contribution is -2.25. The molecule has 0 bridgehead atoms. The standard InChI is InChI=1S/C24H28N2O2S/c1-18-9-10-19(2)22(14-18)17-26-13-5-8-23(26)16-25-29(27,28)24-12-11-20-6-3-4-7-21(20)15-24/h5,8-15,25H,3-4,6-7,16-17H2,1-2H3. The van der Waals surface area contributed by atoms with Crippen LogP contribution in [0.2, 0.25) is 0 Å². The number of sulfonamides is 1. The van der Waals surface area contributed by atoms with Crippen LogP contribution in [0.4, 0.5) is 0 Å². The Bertz CT molecular complexity index is 1130. The molecule has 0 fully saturated rings. The first-order valence-electron chi connectivity index (χ1n) is 10.2. The van der Waals surface area contributed by atoms with E-state index in [2.05, 4.69) is 41.3 Å². The fraction of sp³-hybridized carbons (Fsp3) is 0.333. The minimum absolute atomic E-state index is 0.275. The number of aryl methyl sites for hydroxylation is 4. The zero-order valence-corrected chi connectivity index (χ0v) is 17.9. The molecule has 2 aromatic carbocycles. The second-order valence-corrected chi connectivity index (χ2v) is 9.79. The molecule has 0 spiro atoms. The first-order valence-corrected chi connectivity index (χ1v) is 11.7. The van der Waals surface area contributed by atoms with Crippen LogP contribution in [0, 0.1) is 13.8 Å². The predicted octanol–water partition coefficient (Wildman–Crippen LogP) is 4.51. The van der Waals surface area contributed by atoms with Crippen molar-refractivity contribution >= 4 is 10.0 Å². The lowest BCUT2D eigenvalue weighted by atomic mass is 9.92. The minimum Gasteiger partial charge on any atom is -0.346 e. The summed E-state index contributed by atoms with van der Waals surface area (Å²) in [6.45, 7) is 5.21. The maximum absolute atomic E-state index is 12.9. The molecule has 1 heterocycles. The lowest BCUT2D eigenvalue weighted by Gasteiger charge is -2.17. The average Bonchev–Trinajstić information content (AvgIpc) is 3.16. The van der Waals surface area contributed by atoms with Crippen LogP contribution in [0.1, 0.15) is 46.4 Å². The van der Waals surface area contributed by atoms with Gasteiger partial charge in [-0.2, -0.15) is 0 Å². The van der Waals surface area contributed by atoms with E-state index in [1.165, 1.54) is 34.2 Å². The van der Waals surface area contributed by atoms with Crippen LogP contribution < -0.4 is 4.72 Å². The Hall–Kier alpha value is -2.37. The van der Waals surface area contributed by atoms with Crippen LogP contribution in [0.25, 0.3) is 0 Å². The molecule has 29 heavy (non-hydrogen) atoms. The zero-order chi connectivity index (χ0) is 20.4. The summed E-state index contributed by atoms with van der Waals surface area (Å²) < 4.78 is 30.6. The molecule has 0 atom stereocenters. The van der Waals surface area contributed by atoms with E-state index in [0.29, 0.717) is 4.90 Å². The number of hydrogen-bond donors (Lipinski definition) is 1. The summed E-state index contributed by atoms with van der Waals surface area (Å²) >= 11 is 0. The molecule has 1 aliphatic carbocycles. The summed E-state index contributed by atoms with van der Waals surface area (Å²) in [5.74, 6) is 0. The largest absolute Gasteiger partial charge is 0.346 e. The molecule has 0 radical (unpaired) electrons. The van der Waals surface area contributed by atoms with Gasteiger partial charge in [-0.25, -0.2) is 13.1 Å². The molecule has 0 amide bonds. The van der Waals surface area contributed by atoms with Crippen molar-refractivity contribution in [3.63, 3.8) is 0 Å². The van der Waals surface area contributed by atoms with Gasteiger partial charge >= 0.3 is 0 Å². The van der Waals surface area contributed by atoms with Crippen molar-refractivity contribution in [1.82, 2.24) is 9.29 Å². The first kappa shape index (κ1) is 19.9. The van der Waals surface area contributed by atoms with E-state index in [-0.39, 0.29) is 6.54 Å². The molecule has 0 unspecified atom stereocenters. The Morgan fingerprint density at radius 3 is 2.59 bits per heavy atom. The SMILES string of the molecule is Cc1ccc(C)c(Cn2cccc2CNS(=O)(=O)c2ccc3c(c2)CCCC3)c1. The van der Waals surface area contributed by atoms with E-state index in [9.17, 15) is 8.42 Å². The molecule has 0 saturated heterocycles. The van der Waals surface area contributed by atoms with Crippen molar-refractivity contribution < 1.29 is 8.42 Å². The van der Waals surface area contributed by atoms with E-state index in [1.54, 1.807) is 6.07 Å². The Kier molecular flexibility index (Phi) is 5.61. The highest BCUT2D eigenvalue weighted by molar-refractivity contribution is 7.89. The quantitative estimate of drug-likeness (QED) is 0.652. The van der Waals surface area contributed by atoms with Crippen molar-refractivity contribution in [3.8, 4) is 0 Å². The fourth-order valence-electron chi connectivity index (χ4n) is 4.05. The first-order chi connectivity index (χ1) is 13.9. The second-order valence-electron chi connectivity index (χ2n) is 8.02. The Balaban J connectivity index is 1.49. The molecule has 1 aliphatic rings. The summed E-state index contributed by atoms with van der Waals surface area (Å²) in [5.41, 5.74) is 7.14. The van der Waals surface area contributed by atoms with Crippen molar-refractivity contribution in [2.75, 3.05) is 0 Å². The molecule has 0 saturated carbocycles. The van der Waals surface area contributed by atoms with Gasteiger partial charge in [0, 0.05) is 18.4 Å². The van der Waals surface area contributed by atoms with Crippen molar-refractivity contribution in [2.24, 2.45) is 0 Å². The molecular weight excluding hydrogens is 380 g/mol. The van der Waals surface area contributed by atoms with Gasteiger partial charge in [-0.15, -0.1) is 0 Å². The highest BCUT2D eigenvalue weighted by Gasteiger charge is 2.18. The predicted molar refractivity (Wildman–Crippen MR) is 117 cm³/mol. The van der Waals surface area contributed by atoms with Gasteiger partial charge in [0.25, 0.3) is 0 Å². The van der Waals surface area contributed by atoms with E-state index in [4.69, 9.17) is 0 Å². The van der Waals surface area contributed by atoms with Crippen LogP contribution in [0.3, 0.4) is 0 Å². The summed E-state index contributed by atoms with van der Waals surface area (Å²) in [7, 11) is -3.54. The third-order valence-corrected chi connectivity index (χ3v) is 7.24. The van der Waals surface area contributed by atoms with Crippen molar-refractivity contribution in [3.05, 3.63) is 88.2 Å². The van der Waals surface area contributed by atoms with Crippen molar-refractivity contribution in [1.29, 1.82) is 0 Å². The number of rotatable bonds is 6. The third-order valence-electron chi connectivity index (χ3n) is 5.84. The van der Waals surface area contributed by atoms with Crippen LogP contribution >= 0.6 is 0 Å². The highest BCUT2D eigenvalue weighted by atomic mass is 32.2. The van der Waals surface area contributed by atoms with Gasteiger partial charge in [-0.3, -0.25) is 0 Å². The number of nitrogens with zero attached hydrogens (tertiary/aromatic N) is 1. The maximum Gasteiger partial charge on any atom is 0.240 e. The van der Waals surface area contributed by atoms with E-state index < -0.39 is 10.0 Å². The van der Waals surface area contributed by atoms with Crippen LogP contribution in [0.15, 0.2) is 59.6 Å². The van der Waals surface area contributed by atoms with Gasteiger partial charge < -0.3 is 4.57 Å². The molecule has 3 aromatic rings. The molecule has 5 heteroatoms. The topological polar surface area (TPSA) is 51.1 Å². The molecule has 1 aromatic heterocycles. The summed E-state index contributed by atoms with van der Waals surface area (Å²) in [6.07, 6.45) is 6.35. The van der Waals surface area contributed by atoms with Gasteiger partial charge in [-0.05, 0) is 86.1 Å². The van der Waals surface area contributed by atoms with Crippen LogP contribution in [-0.2, 0) is 36.0 Å². The molecular formula is C24H28N2O2S. The molecule has 1 N–H and O–H groups in total. The molecule has 4 rings (SSSR count). The van der Waals surface area contributed by atoms with Crippen LogP contribution in [-0.4, -0.2) is 13.0 Å². The smallest absolute Gasteiger partial charge is 0.240 e. The van der Waals surface area contributed by atoms with Crippen LogP contribution in [0.5, 0.6) is 0 Å². The average molecular weight is 409 g/mol. The van der Waals surface area contributed by atoms with E-state index in [0.717, 1.165) is 31.5 Å². The zero-order valence-electron chi connectivity index (χ0n) is 17.1. The Morgan fingerprint density at radius 2 is 1.76 bits per heavy atom. The summed E-state index contributed by atoms with van der Waals surface area (Å²) in [6, 6.07) is 15.9. The summed E-state index contributed by atoms with van der Waals surface area (Å²) in [4.78, 5) is 0.366. The van der Waals surface area contributed by atoms with E-state index >= 15 is 0 Å². The van der Waals surface area contributed by atoms with Gasteiger partial charge in [0.05, 0.1) is 11.4 Å². The van der Waals surface area contributed by atoms with E-state index in [1.807, 2.05) is 30.5 Å². The van der Waals surface area contributed by atoms with Crippen molar-refractivity contribution in [2.45, 2.75) is 57.5 Å². The minimum atomic E-state index is -3.54. The number of aromatic nitrogens is 1. The Morgan fingerprint density at radius 1 is 0.966 bits per heavy atom. The number of benzene rings is 2. The monoisotopic (exact) mass is 408 g/mol. The third kappa shape index (κ3) is 4.46. The number of hydrogen-bond acceptors (Lipinski definition) is 2.